The minimum Gasteiger partial charge on any atom is -0.391 e. The average molecular weight is 566 g/mol. The Hall–Kier alpha value is -3.37. The number of hydrogen-bond acceptors (Lipinski definition) is 3. The number of fused-ring (bicyclic) bond motifs is 2. The molecule has 1 aromatic rings. The van der Waals surface area contributed by atoms with E-state index in [-0.39, 0.29) is 7.33 Å². The first-order chi connectivity index (χ1) is 20.5. The van der Waals surface area contributed by atoms with Crippen LogP contribution >= 0.6 is 0 Å². The van der Waals surface area contributed by atoms with Gasteiger partial charge in [-0.25, -0.2) is 0 Å². The van der Waals surface area contributed by atoms with Crippen molar-refractivity contribution in [3.63, 3.8) is 0 Å². The first-order valence-electron chi connectivity index (χ1n) is 16.2. The number of carbonyl (C=O) groups excluding carboxylic acids is 1. The first-order valence-corrected chi connectivity index (χ1v) is 16.2. The Morgan fingerprint density at radius 3 is 2.88 bits per heavy atom. The zero-order chi connectivity index (χ0) is 29.5. The molecule has 0 radical (unpaired) electrons. The Morgan fingerprint density at radius 1 is 1.24 bits per heavy atom. The molecule has 0 saturated carbocycles. The normalized spacial score (nSPS) is 24.9. The second-order valence-electron chi connectivity index (χ2n) is 12.3. The number of likely N-dealkylation sites (tertiary alicyclic amines) is 1. The van der Waals surface area contributed by atoms with Gasteiger partial charge in [0.25, 0.3) is 0 Å². The number of nitrogens with one attached hydrogen (secondary N) is 1. The molecule has 1 saturated heterocycles. The Morgan fingerprint density at radius 2 is 2.12 bits per heavy atom. The summed E-state index contributed by atoms with van der Waals surface area (Å²) in [5, 5.41) is 3.43. The van der Waals surface area contributed by atoms with Crippen LogP contribution < -0.4 is 10.2 Å². The van der Waals surface area contributed by atoms with E-state index in [0.717, 1.165) is 63.8 Å². The average Bonchev–Trinajstić information content (AvgIpc) is 3.13. The van der Waals surface area contributed by atoms with Crippen LogP contribution in [0.2, 0.25) is 0 Å². The van der Waals surface area contributed by atoms with Gasteiger partial charge in [-0.2, -0.15) is 0 Å². The zero-order valence-corrected chi connectivity index (χ0v) is 25.9. The Kier molecular flexibility index (Phi) is 10.2. The molecule has 1 aliphatic heterocycles. The molecule has 4 heteroatoms. The van der Waals surface area contributed by atoms with Crippen molar-refractivity contribution < 1.29 is 6.22 Å². The topological polar surface area (TPSA) is 35.6 Å². The van der Waals surface area contributed by atoms with Crippen LogP contribution in [0.25, 0.3) is 0 Å². The molecule has 1 fully saturated rings. The van der Waals surface area contributed by atoms with Crippen molar-refractivity contribution >= 4 is 11.6 Å². The quantitative estimate of drug-likeness (QED) is 0.195. The zero-order valence-electron chi connectivity index (χ0n) is 25.9. The lowest BCUT2D eigenvalue weighted by Gasteiger charge is -2.30. The van der Waals surface area contributed by atoms with Crippen molar-refractivity contribution in [2.75, 3.05) is 31.1 Å². The highest BCUT2D eigenvalue weighted by molar-refractivity contribution is 5.95. The van der Waals surface area contributed by atoms with Crippen molar-refractivity contribution in [2.45, 2.75) is 65.3 Å². The number of allylic oxidation sites excluding steroid dienone is 12. The van der Waals surface area contributed by atoms with Crippen molar-refractivity contribution in [1.29, 1.82) is 0 Å². The van der Waals surface area contributed by atoms with Crippen molar-refractivity contribution in [3.8, 4) is 0 Å². The van der Waals surface area contributed by atoms with Crippen LogP contribution in [0.15, 0.2) is 108 Å². The van der Waals surface area contributed by atoms with Crippen LogP contribution in [0.5, 0.6) is 0 Å². The fraction of sp³-hybridized carbons (Fsp3) is 0.447. The van der Waals surface area contributed by atoms with Crippen molar-refractivity contribution in [3.05, 3.63) is 114 Å². The van der Waals surface area contributed by atoms with E-state index in [1.54, 1.807) is 6.08 Å². The fourth-order valence-corrected chi connectivity index (χ4v) is 7.20. The fourth-order valence-electron chi connectivity index (χ4n) is 7.20. The van der Waals surface area contributed by atoms with Gasteiger partial charge in [-0.1, -0.05) is 88.4 Å². The molecule has 1 amide bonds. The summed E-state index contributed by atoms with van der Waals surface area (Å²) in [7, 11) is 0. The molecule has 1 unspecified atom stereocenters. The maximum absolute atomic E-state index is 14.1. The second kappa shape index (κ2) is 14.2. The van der Waals surface area contributed by atoms with Crippen LogP contribution in [0.3, 0.4) is 0 Å². The molecule has 1 N–H and O–H groups in total. The van der Waals surface area contributed by atoms with Crippen molar-refractivity contribution in [2.24, 2.45) is 17.8 Å². The van der Waals surface area contributed by atoms with Gasteiger partial charge in [0.15, 0.2) is 0 Å². The van der Waals surface area contributed by atoms with Crippen LogP contribution in [0, 0.1) is 17.8 Å². The van der Waals surface area contributed by atoms with E-state index < -0.39 is 0 Å². The SMILES string of the molecule is C=C/C=C\NCC[C@H]1[C@H](C)[C@@H](C2C=CC=C3C(=C2)CCC2=C3C=C2)CN1CC(=O)N(CCCC)c1cccc(CC)c1.[HH]. The largest absolute Gasteiger partial charge is 0.391 e. The maximum Gasteiger partial charge on any atom is 0.241 e. The van der Waals surface area contributed by atoms with E-state index in [4.69, 9.17) is 0 Å². The van der Waals surface area contributed by atoms with Crippen molar-refractivity contribution in [1.82, 2.24) is 10.2 Å². The van der Waals surface area contributed by atoms with Crippen LogP contribution in [0.4, 0.5) is 5.69 Å². The lowest BCUT2D eigenvalue weighted by Crippen LogP contribution is -2.44. The molecule has 5 rings (SSSR count). The van der Waals surface area contributed by atoms with Gasteiger partial charge in [0.1, 0.15) is 0 Å². The highest BCUT2D eigenvalue weighted by Crippen LogP contribution is 2.44. The summed E-state index contributed by atoms with van der Waals surface area (Å²) < 4.78 is 0. The van der Waals surface area contributed by atoms with E-state index in [9.17, 15) is 4.79 Å². The van der Waals surface area contributed by atoms with Crippen LogP contribution in [0.1, 0.15) is 59.9 Å². The molecular weight excluding hydrogens is 514 g/mol. The molecular formula is C38H51N3O. The number of hydrogen-bond donors (Lipinski definition) is 1. The number of amides is 1. The van der Waals surface area contributed by atoms with E-state index >= 15 is 0 Å². The van der Waals surface area contributed by atoms with E-state index in [0.29, 0.717) is 30.3 Å². The standard InChI is InChI=1S/C38H49N3O.H2/c1-5-8-21-39-22-20-37-28(4)36(31-13-11-15-34-32(25-31)17-16-30-18-19-35(30)34)26-40(37)27-38(42)41(23-9-6-2)33-14-10-12-29(7-3)24-33;/h5,8,10-15,18-19,21,24-25,28,31,36-37,39H,1,6-7,9,16-17,20,22-23,26-27H2,2-4H3;1H/b21-8-;/t28-,31?,36+,37+;/m1./s1. The number of rotatable bonds is 13. The van der Waals surface area contributed by atoms with Gasteiger partial charge in [-0.15, -0.1) is 0 Å². The van der Waals surface area contributed by atoms with Gasteiger partial charge in [0.2, 0.25) is 5.91 Å². The number of carbonyl (C=O) groups is 1. The molecule has 3 aliphatic carbocycles. The first kappa shape index (κ1) is 30.1. The number of nitrogens with zero attached hydrogens (tertiary/aromatic N) is 2. The van der Waals surface area contributed by atoms with E-state index in [2.05, 4.69) is 98.3 Å². The summed E-state index contributed by atoms with van der Waals surface area (Å²) in [6.07, 6.45) is 26.2. The summed E-state index contributed by atoms with van der Waals surface area (Å²) in [5.74, 6) is 1.55. The summed E-state index contributed by atoms with van der Waals surface area (Å²) in [6, 6.07) is 8.90. The molecule has 4 aliphatic rings. The molecule has 42 heavy (non-hydrogen) atoms. The molecule has 1 heterocycles. The van der Waals surface area contributed by atoms with Gasteiger partial charge >= 0.3 is 0 Å². The van der Waals surface area contributed by atoms with Crippen LogP contribution in [-0.4, -0.2) is 43.0 Å². The molecule has 0 aromatic heterocycles. The molecule has 0 bridgehead atoms. The monoisotopic (exact) mass is 565 g/mol. The van der Waals surface area contributed by atoms with Crippen LogP contribution in [-0.2, 0) is 11.2 Å². The maximum atomic E-state index is 14.1. The summed E-state index contributed by atoms with van der Waals surface area (Å²) in [6.45, 7) is 13.6. The Labute approximate surface area is 255 Å². The lowest BCUT2D eigenvalue weighted by atomic mass is 9.76. The smallest absolute Gasteiger partial charge is 0.241 e. The molecule has 4 nitrogen and oxygen atoms in total. The van der Waals surface area contributed by atoms with Gasteiger partial charge in [-0.3, -0.25) is 9.69 Å². The third-order valence-electron chi connectivity index (χ3n) is 9.72. The minimum absolute atomic E-state index is 0. The number of anilines is 1. The molecule has 1 aromatic carbocycles. The lowest BCUT2D eigenvalue weighted by molar-refractivity contribution is -0.120. The predicted molar refractivity (Wildman–Crippen MR) is 179 cm³/mol. The van der Waals surface area contributed by atoms with Gasteiger partial charge in [0, 0.05) is 32.8 Å². The molecule has 224 valence electrons. The summed E-state index contributed by atoms with van der Waals surface area (Å²) in [4.78, 5) is 18.6. The van der Waals surface area contributed by atoms with Gasteiger partial charge in [-0.05, 0) is 102 Å². The third-order valence-corrected chi connectivity index (χ3v) is 9.72. The predicted octanol–water partition coefficient (Wildman–Crippen LogP) is 7.94. The molecule has 0 spiro atoms. The van der Waals surface area contributed by atoms with Gasteiger partial charge in [0.05, 0.1) is 6.54 Å². The minimum atomic E-state index is 0. The Balaban J connectivity index is 0.00000423. The molecule has 4 atom stereocenters. The number of aryl methyl sites for hydroxylation is 1. The number of benzene rings is 1. The highest BCUT2D eigenvalue weighted by Gasteiger charge is 2.42. The van der Waals surface area contributed by atoms with E-state index in [1.165, 1.54) is 27.9 Å². The highest BCUT2D eigenvalue weighted by atomic mass is 16.2. The Bertz CT molecular complexity index is 1330. The van der Waals surface area contributed by atoms with E-state index in [1.807, 2.05) is 17.2 Å². The van der Waals surface area contributed by atoms with Gasteiger partial charge < -0.3 is 10.2 Å². The third kappa shape index (κ3) is 6.65. The summed E-state index contributed by atoms with van der Waals surface area (Å²) in [5.41, 5.74) is 8.20. The second-order valence-corrected chi connectivity index (χ2v) is 12.3. The number of unbranched alkanes of at least 4 members (excludes halogenated alkanes) is 1. The summed E-state index contributed by atoms with van der Waals surface area (Å²) >= 11 is 0.